The van der Waals surface area contributed by atoms with E-state index in [1.807, 2.05) is 30.3 Å². The first-order chi connectivity index (χ1) is 9.76. The van der Waals surface area contributed by atoms with Gasteiger partial charge in [-0.1, -0.05) is 30.3 Å². The predicted molar refractivity (Wildman–Crippen MR) is 74.2 cm³/mol. The molecule has 20 heavy (non-hydrogen) atoms. The summed E-state index contributed by atoms with van der Waals surface area (Å²) in [4.78, 5) is 14.2. The van der Waals surface area contributed by atoms with Crippen LogP contribution in [0.5, 0.6) is 0 Å². The Kier molecular flexibility index (Phi) is 4.74. The van der Waals surface area contributed by atoms with E-state index < -0.39 is 5.92 Å². The molecule has 0 aromatic heterocycles. The Bertz CT molecular complexity index is 537. The van der Waals surface area contributed by atoms with E-state index in [0.717, 1.165) is 18.4 Å². The van der Waals surface area contributed by atoms with Crippen LogP contribution in [0.4, 0.5) is 0 Å². The highest BCUT2D eigenvalue weighted by Gasteiger charge is 2.35. The summed E-state index contributed by atoms with van der Waals surface area (Å²) >= 11 is 0. The van der Waals surface area contributed by atoms with Gasteiger partial charge in [-0.25, -0.2) is 0 Å². The van der Waals surface area contributed by atoms with Gasteiger partial charge >= 0.3 is 0 Å². The maximum Gasteiger partial charge on any atom is 0.240 e. The Morgan fingerprint density at radius 3 is 2.55 bits per heavy atom. The van der Waals surface area contributed by atoms with Crippen LogP contribution in [-0.4, -0.2) is 23.4 Å². The molecular formula is C16H17N3O. The molecule has 1 aromatic rings. The van der Waals surface area contributed by atoms with Crippen molar-refractivity contribution >= 4 is 5.91 Å². The quantitative estimate of drug-likeness (QED) is 0.794. The van der Waals surface area contributed by atoms with Crippen LogP contribution < -0.4 is 0 Å². The Morgan fingerprint density at radius 1 is 1.30 bits per heavy atom. The molecule has 2 rings (SSSR count). The lowest BCUT2D eigenvalue weighted by atomic mass is 9.99. The van der Waals surface area contributed by atoms with Gasteiger partial charge in [-0.15, -0.1) is 0 Å². The van der Waals surface area contributed by atoms with Crippen molar-refractivity contribution in [3.05, 3.63) is 35.9 Å². The fraction of sp³-hybridized carbons (Fsp3) is 0.438. The number of carbonyl (C=O) groups is 1. The van der Waals surface area contributed by atoms with Crippen molar-refractivity contribution in [3.63, 3.8) is 0 Å². The van der Waals surface area contributed by atoms with Crippen LogP contribution in [0.25, 0.3) is 0 Å². The highest BCUT2D eigenvalue weighted by molar-refractivity contribution is 5.82. The lowest BCUT2D eigenvalue weighted by molar-refractivity contribution is -0.134. The van der Waals surface area contributed by atoms with Crippen LogP contribution in [0, 0.1) is 28.6 Å². The summed E-state index contributed by atoms with van der Waals surface area (Å²) < 4.78 is 0. The minimum Gasteiger partial charge on any atom is -0.338 e. The van der Waals surface area contributed by atoms with Gasteiger partial charge in [0.1, 0.15) is 5.92 Å². The van der Waals surface area contributed by atoms with Crippen molar-refractivity contribution in [2.45, 2.75) is 31.7 Å². The molecule has 4 heteroatoms. The topological polar surface area (TPSA) is 67.9 Å². The van der Waals surface area contributed by atoms with Crippen LogP contribution >= 0.6 is 0 Å². The smallest absolute Gasteiger partial charge is 0.240 e. The van der Waals surface area contributed by atoms with Crippen molar-refractivity contribution in [1.29, 1.82) is 10.5 Å². The maximum absolute atomic E-state index is 12.5. The van der Waals surface area contributed by atoms with E-state index in [0.29, 0.717) is 19.4 Å². The largest absolute Gasteiger partial charge is 0.338 e. The van der Waals surface area contributed by atoms with Gasteiger partial charge in [0.15, 0.2) is 0 Å². The molecule has 0 bridgehead atoms. The average Bonchev–Trinajstić information content (AvgIpc) is 3.31. The maximum atomic E-state index is 12.5. The Morgan fingerprint density at radius 2 is 2.00 bits per heavy atom. The molecule has 0 saturated heterocycles. The third-order valence-electron chi connectivity index (χ3n) is 3.47. The van der Waals surface area contributed by atoms with Crippen molar-refractivity contribution in [1.82, 2.24) is 4.90 Å². The van der Waals surface area contributed by atoms with E-state index in [-0.39, 0.29) is 11.9 Å². The fourth-order valence-corrected chi connectivity index (χ4v) is 2.27. The lowest BCUT2D eigenvalue weighted by Crippen LogP contribution is -2.38. The van der Waals surface area contributed by atoms with Crippen molar-refractivity contribution in [3.8, 4) is 12.1 Å². The Labute approximate surface area is 119 Å². The number of nitrogens with zero attached hydrogens (tertiary/aromatic N) is 3. The van der Waals surface area contributed by atoms with Gasteiger partial charge in [-0.3, -0.25) is 4.79 Å². The van der Waals surface area contributed by atoms with Crippen LogP contribution in [0.2, 0.25) is 0 Å². The molecule has 1 aliphatic rings. The summed E-state index contributed by atoms with van der Waals surface area (Å²) in [6, 6.07) is 14.0. The molecule has 1 amide bonds. The third-order valence-corrected chi connectivity index (χ3v) is 3.47. The zero-order valence-corrected chi connectivity index (χ0v) is 11.3. The fourth-order valence-electron chi connectivity index (χ4n) is 2.27. The molecule has 1 aromatic carbocycles. The molecule has 1 aliphatic carbocycles. The number of carbonyl (C=O) groups excluding carboxylic acids is 1. The number of hydrogen-bond donors (Lipinski definition) is 0. The molecule has 4 nitrogen and oxygen atoms in total. The average molecular weight is 267 g/mol. The van der Waals surface area contributed by atoms with Crippen molar-refractivity contribution < 1.29 is 4.79 Å². The van der Waals surface area contributed by atoms with Gasteiger partial charge in [-0.05, 0) is 24.8 Å². The second-order valence-corrected chi connectivity index (χ2v) is 5.04. The zero-order valence-electron chi connectivity index (χ0n) is 11.3. The number of rotatable bonds is 6. The lowest BCUT2D eigenvalue weighted by Gasteiger charge is -2.23. The van der Waals surface area contributed by atoms with Gasteiger partial charge in [-0.2, -0.15) is 10.5 Å². The molecule has 0 N–H and O–H groups in total. The Hall–Kier alpha value is -2.33. The van der Waals surface area contributed by atoms with Gasteiger partial charge in [0.25, 0.3) is 0 Å². The second-order valence-electron chi connectivity index (χ2n) is 5.04. The summed E-state index contributed by atoms with van der Waals surface area (Å²) in [6.45, 7) is 0.437. The van der Waals surface area contributed by atoms with Crippen LogP contribution in [-0.2, 0) is 11.2 Å². The van der Waals surface area contributed by atoms with Crippen molar-refractivity contribution in [2.75, 3.05) is 6.54 Å². The molecule has 1 fully saturated rings. The molecule has 0 spiro atoms. The van der Waals surface area contributed by atoms with Crippen LogP contribution in [0.3, 0.4) is 0 Å². The number of nitriles is 2. The minimum absolute atomic E-state index is 0.130. The van der Waals surface area contributed by atoms with Crippen LogP contribution in [0.15, 0.2) is 30.3 Å². The van der Waals surface area contributed by atoms with Gasteiger partial charge in [0, 0.05) is 12.6 Å². The highest BCUT2D eigenvalue weighted by atomic mass is 16.2. The molecule has 0 aliphatic heterocycles. The first kappa shape index (κ1) is 14.1. The standard InChI is InChI=1S/C16H17N3O/c17-9-4-10-19(15-7-8-15)16(20)14(12-18)11-13-5-2-1-3-6-13/h1-3,5-6,14-15H,4,7-8,10-11H2. The van der Waals surface area contributed by atoms with Gasteiger partial charge in [0.2, 0.25) is 5.91 Å². The summed E-state index contributed by atoms with van der Waals surface area (Å²) in [7, 11) is 0. The van der Waals surface area contributed by atoms with E-state index in [9.17, 15) is 10.1 Å². The van der Waals surface area contributed by atoms with E-state index in [4.69, 9.17) is 5.26 Å². The molecule has 1 saturated carbocycles. The summed E-state index contributed by atoms with van der Waals surface area (Å²) in [6.07, 6.45) is 2.74. The van der Waals surface area contributed by atoms with Gasteiger partial charge in [0.05, 0.1) is 18.6 Å². The molecule has 0 heterocycles. The van der Waals surface area contributed by atoms with E-state index in [2.05, 4.69) is 12.1 Å². The normalized spacial score (nSPS) is 14.9. The number of benzene rings is 1. The van der Waals surface area contributed by atoms with E-state index in [1.54, 1.807) is 4.90 Å². The molecular weight excluding hydrogens is 250 g/mol. The molecule has 1 unspecified atom stereocenters. The third kappa shape index (κ3) is 3.59. The minimum atomic E-state index is -0.656. The molecule has 102 valence electrons. The monoisotopic (exact) mass is 267 g/mol. The number of amides is 1. The van der Waals surface area contributed by atoms with Crippen LogP contribution in [0.1, 0.15) is 24.8 Å². The zero-order chi connectivity index (χ0) is 14.4. The summed E-state index contributed by atoms with van der Waals surface area (Å²) in [5, 5.41) is 17.9. The predicted octanol–water partition coefficient (Wildman–Crippen LogP) is 2.27. The summed E-state index contributed by atoms with van der Waals surface area (Å²) in [5.74, 6) is -0.786. The van der Waals surface area contributed by atoms with E-state index >= 15 is 0 Å². The first-order valence-corrected chi connectivity index (χ1v) is 6.87. The second kappa shape index (κ2) is 6.73. The number of hydrogen-bond acceptors (Lipinski definition) is 3. The first-order valence-electron chi connectivity index (χ1n) is 6.87. The Balaban J connectivity index is 2.04. The van der Waals surface area contributed by atoms with Gasteiger partial charge < -0.3 is 4.90 Å². The SMILES string of the molecule is N#CCCN(C(=O)C(C#N)Cc1ccccc1)C1CC1. The van der Waals surface area contributed by atoms with E-state index in [1.165, 1.54) is 0 Å². The molecule has 0 radical (unpaired) electrons. The highest BCUT2D eigenvalue weighted by Crippen LogP contribution is 2.28. The van der Waals surface area contributed by atoms with Crippen molar-refractivity contribution in [2.24, 2.45) is 5.92 Å². The summed E-state index contributed by atoms with van der Waals surface area (Å²) in [5.41, 5.74) is 0.989. The molecule has 1 atom stereocenters.